The molecule has 3 rings (SSSR count). The van der Waals surface area contributed by atoms with Crippen LogP contribution in [0.5, 0.6) is 5.75 Å². The third-order valence-corrected chi connectivity index (χ3v) is 5.80. The first kappa shape index (κ1) is 22.6. The van der Waals surface area contributed by atoms with Crippen LogP contribution in [0.1, 0.15) is 43.7 Å². The van der Waals surface area contributed by atoms with Crippen LogP contribution in [0.3, 0.4) is 0 Å². The van der Waals surface area contributed by atoms with Gasteiger partial charge >= 0.3 is 7.12 Å². The highest BCUT2D eigenvalue weighted by Gasteiger charge is 2.28. The largest absolute Gasteiger partial charge is 0.507 e. The molecule has 3 nitrogen and oxygen atoms in total. The summed E-state index contributed by atoms with van der Waals surface area (Å²) in [5.74, 6) is 0.243. The summed E-state index contributed by atoms with van der Waals surface area (Å²) in [5, 5.41) is 20.4. The fourth-order valence-electron chi connectivity index (χ4n) is 3.79. The van der Waals surface area contributed by atoms with Crippen molar-refractivity contribution in [2.75, 3.05) is 0 Å². The molecule has 0 saturated heterocycles. The molecule has 0 saturated carbocycles. The van der Waals surface area contributed by atoms with Gasteiger partial charge in [-0.15, -0.1) is 0 Å². The minimum atomic E-state index is -0.772. The van der Waals surface area contributed by atoms with E-state index in [0.29, 0.717) is 6.32 Å². The van der Waals surface area contributed by atoms with Crippen LogP contribution in [-0.4, -0.2) is 23.4 Å². The van der Waals surface area contributed by atoms with Gasteiger partial charge in [0.25, 0.3) is 0 Å². The molecule has 1 unspecified atom stereocenters. The summed E-state index contributed by atoms with van der Waals surface area (Å²) in [5.41, 5.74) is 5.17. The Labute approximate surface area is 188 Å². The number of hydrogen-bond donors (Lipinski definition) is 2. The van der Waals surface area contributed by atoms with Crippen LogP contribution in [0, 0.1) is 0 Å². The van der Waals surface area contributed by atoms with Gasteiger partial charge in [-0.2, -0.15) is 0 Å². The number of allylic oxidation sites excluding steroid dienone is 2. The average molecular weight is 467 g/mol. The maximum atomic E-state index is 10.3. The molecule has 1 aliphatic heterocycles. The molecule has 1 atom stereocenters. The minimum absolute atomic E-state index is 0.184. The van der Waals surface area contributed by atoms with E-state index in [4.69, 9.17) is 4.65 Å². The lowest BCUT2D eigenvalue weighted by molar-refractivity contribution is 0.184. The van der Waals surface area contributed by atoms with Crippen molar-refractivity contribution in [2.45, 2.75) is 45.0 Å². The van der Waals surface area contributed by atoms with Gasteiger partial charge in [-0.25, -0.2) is 0 Å². The normalized spacial score (nSPS) is 17.0. The fourth-order valence-corrected chi connectivity index (χ4v) is 4.17. The molecule has 0 bridgehead atoms. The molecule has 0 fully saturated rings. The highest BCUT2D eigenvalue weighted by molar-refractivity contribution is 9.10. The zero-order valence-electron chi connectivity index (χ0n) is 17.4. The first-order chi connectivity index (χ1) is 14.5. The third-order valence-electron chi connectivity index (χ3n) is 5.31. The van der Waals surface area contributed by atoms with E-state index in [2.05, 4.69) is 47.6 Å². The standard InChI is InChI=1S/C25H28BBrO3/c1-3-7-18(2)23-14-15-26(29)30-25(23)13-10-20(19-8-5-4-6-9-19)16-21-17-22(27)11-12-24(21)28/h4-6,8-9,11-12,14,16-17,25,28-29H,2-3,7,10,13,15H2,1H3/b20-16-. The van der Waals surface area contributed by atoms with Gasteiger partial charge in [-0.3, -0.25) is 0 Å². The SMILES string of the molecule is C=C(CCC)C1=CCB(O)OC1CC/C(=C/c1cc(Br)ccc1O)c1ccccc1. The summed E-state index contributed by atoms with van der Waals surface area (Å²) in [4.78, 5) is 0. The molecule has 0 spiro atoms. The highest BCUT2D eigenvalue weighted by atomic mass is 79.9. The predicted molar refractivity (Wildman–Crippen MR) is 129 cm³/mol. The van der Waals surface area contributed by atoms with E-state index in [1.807, 2.05) is 36.4 Å². The van der Waals surface area contributed by atoms with Gasteiger partial charge in [-0.05, 0) is 65.8 Å². The lowest BCUT2D eigenvalue weighted by Crippen LogP contribution is -2.31. The van der Waals surface area contributed by atoms with Gasteiger partial charge in [-0.1, -0.05) is 72.3 Å². The summed E-state index contributed by atoms with van der Waals surface area (Å²) in [6.45, 7) is 6.37. The van der Waals surface area contributed by atoms with E-state index in [9.17, 15) is 10.1 Å². The summed E-state index contributed by atoms with van der Waals surface area (Å²) in [6, 6.07) is 15.6. The molecule has 0 amide bonds. The van der Waals surface area contributed by atoms with E-state index < -0.39 is 7.12 Å². The monoisotopic (exact) mass is 466 g/mol. The number of halogens is 1. The smallest absolute Gasteiger partial charge is 0.458 e. The lowest BCUT2D eigenvalue weighted by Gasteiger charge is -2.28. The number of hydrogen-bond acceptors (Lipinski definition) is 3. The number of benzene rings is 2. The van der Waals surface area contributed by atoms with Crippen LogP contribution in [0.15, 0.2) is 76.8 Å². The summed E-state index contributed by atoms with van der Waals surface area (Å²) in [6.07, 6.45) is 7.84. The van der Waals surface area contributed by atoms with Crippen LogP contribution in [0.4, 0.5) is 0 Å². The van der Waals surface area contributed by atoms with E-state index in [1.54, 1.807) is 6.07 Å². The molecule has 156 valence electrons. The summed E-state index contributed by atoms with van der Waals surface area (Å²) in [7, 11) is -0.772. The van der Waals surface area contributed by atoms with Crippen molar-refractivity contribution >= 4 is 34.7 Å². The first-order valence-electron chi connectivity index (χ1n) is 10.4. The van der Waals surface area contributed by atoms with Crippen molar-refractivity contribution in [3.8, 4) is 5.75 Å². The summed E-state index contributed by atoms with van der Waals surface area (Å²) >= 11 is 3.48. The second-order valence-electron chi connectivity index (χ2n) is 7.61. The molecule has 30 heavy (non-hydrogen) atoms. The van der Waals surface area contributed by atoms with Crippen molar-refractivity contribution in [1.29, 1.82) is 0 Å². The molecule has 2 N–H and O–H groups in total. The van der Waals surface area contributed by atoms with Crippen LogP contribution >= 0.6 is 15.9 Å². The lowest BCUT2D eigenvalue weighted by atomic mass is 9.77. The van der Waals surface area contributed by atoms with E-state index in [-0.39, 0.29) is 11.9 Å². The first-order valence-corrected chi connectivity index (χ1v) is 11.2. The fraction of sp³-hybridized carbons (Fsp3) is 0.280. The molecule has 2 aromatic carbocycles. The van der Waals surface area contributed by atoms with Crippen molar-refractivity contribution in [1.82, 2.24) is 0 Å². The van der Waals surface area contributed by atoms with Crippen LogP contribution in [0.2, 0.25) is 6.32 Å². The van der Waals surface area contributed by atoms with Gasteiger partial charge in [0.2, 0.25) is 0 Å². The van der Waals surface area contributed by atoms with E-state index >= 15 is 0 Å². The zero-order chi connectivity index (χ0) is 21.5. The molecule has 0 radical (unpaired) electrons. The number of rotatable bonds is 8. The molecule has 1 heterocycles. The van der Waals surface area contributed by atoms with Gasteiger partial charge < -0.3 is 14.8 Å². The van der Waals surface area contributed by atoms with Crippen molar-refractivity contribution in [3.05, 3.63) is 87.9 Å². The number of phenols is 1. The van der Waals surface area contributed by atoms with Crippen LogP contribution in [0.25, 0.3) is 11.6 Å². The molecule has 2 aromatic rings. The quantitative estimate of drug-likeness (QED) is 0.338. The zero-order valence-corrected chi connectivity index (χ0v) is 18.9. The van der Waals surface area contributed by atoms with Gasteiger partial charge in [0.15, 0.2) is 0 Å². The van der Waals surface area contributed by atoms with Gasteiger partial charge in [0.1, 0.15) is 5.75 Å². The Bertz CT molecular complexity index is 937. The maximum Gasteiger partial charge on any atom is 0.458 e. The van der Waals surface area contributed by atoms with E-state index in [1.165, 1.54) is 0 Å². The Hall–Kier alpha value is -2.08. The molecule has 0 aromatic heterocycles. The number of aromatic hydroxyl groups is 1. The van der Waals surface area contributed by atoms with Crippen molar-refractivity contribution < 1.29 is 14.8 Å². The van der Waals surface area contributed by atoms with Gasteiger partial charge in [0, 0.05) is 16.4 Å². The van der Waals surface area contributed by atoms with Crippen molar-refractivity contribution in [3.63, 3.8) is 0 Å². The topological polar surface area (TPSA) is 49.7 Å². The Morgan fingerprint density at radius 2 is 2.00 bits per heavy atom. The Balaban J connectivity index is 1.87. The van der Waals surface area contributed by atoms with Crippen molar-refractivity contribution in [2.24, 2.45) is 0 Å². The van der Waals surface area contributed by atoms with Crippen LogP contribution in [-0.2, 0) is 4.65 Å². The Kier molecular flexibility index (Phi) is 8.14. The molecule has 0 aliphatic carbocycles. The van der Waals surface area contributed by atoms with E-state index in [0.717, 1.165) is 58.0 Å². The maximum absolute atomic E-state index is 10.3. The third kappa shape index (κ3) is 5.97. The predicted octanol–water partition coefficient (Wildman–Crippen LogP) is 6.64. The van der Waals surface area contributed by atoms with Crippen LogP contribution < -0.4 is 0 Å². The Morgan fingerprint density at radius 3 is 2.73 bits per heavy atom. The summed E-state index contributed by atoms with van der Waals surface area (Å²) < 4.78 is 6.80. The molecule has 1 aliphatic rings. The average Bonchev–Trinajstić information content (AvgIpc) is 2.74. The Morgan fingerprint density at radius 1 is 1.23 bits per heavy atom. The number of phenolic OH excluding ortho intramolecular Hbond substituents is 1. The van der Waals surface area contributed by atoms with Gasteiger partial charge in [0.05, 0.1) is 6.10 Å². The highest BCUT2D eigenvalue weighted by Crippen LogP contribution is 2.33. The second kappa shape index (κ2) is 10.8. The minimum Gasteiger partial charge on any atom is -0.507 e. The second-order valence-corrected chi connectivity index (χ2v) is 8.52. The molecular weight excluding hydrogens is 439 g/mol. The molecule has 5 heteroatoms. The molecular formula is C25H28BBrO3.